The molecule has 68 heavy (non-hydrogen) atoms. The minimum Gasteiger partial charge on any atom is -0.394 e. The molecule has 5 atom stereocenters. The quantitative estimate of drug-likeness (QED) is 0.0219. The molecule has 392 valence electrons. The summed E-state index contributed by atoms with van der Waals surface area (Å²) in [5.41, 5.74) is 27.5. The van der Waals surface area contributed by atoms with Crippen LogP contribution in [0.2, 0.25) is 0 Å². The van der Waals surface area contributed by atoms with E-state index in [2.05, 4.69) is 54.1 Å². The second kappa shape index (κ2) is 39.7. The monoisotopic (exact) mass is 967 g/mol. The lowest BCUT2D eigenvalue weighted by Gasteiger charge is -2.27. The van der Waals surface area contributed by atoms with E-state index in [1.807, 2.05) is 13.8 Å². The fourth-order valence-electron chi connectivity index (χ4n) is 7.28. The Bertz CT molecular complexity index is 1520. The van der Waals surface area contributed by atoms with Gasteiger partial charge in [-0.1, -0.05) is 97.8 Å². The van der Waals surface area contributed by atoms with Gasteiger partial charge in [0.25, 0.3) is 0 Å². The summed E-state index contributed by atoms with van der Waals surface area (Å²) in [4.78, 5) is 101. The lowest BCUT2D eigenvalue weighted by molar-refractivity contribution is -0.135. The number of carbonyl (C=O) groups excluding carboxylic acids is 7. The first-order valence-corrected chi connectivity index (χ1v) is 24.9. The third kappa shape index (κ3) is 32.5. The van der Waals surface area contributed by atoms with Crippen molar-refractivity contribution in [1.29, 1.82) is 0 Å². The van der Waals surface area contributed by atoms with Crippen molar-refractivity contribution in [1.82, 2.24) is 37.2 Å². The molecule has 0 radical (unpaired) electrons. The third-order valence-electron chi connectivity index (χ3n) is 11.1. The first-order chi connectivity index (χ1) is 32.5. The van der Waals surface area contributed by atoms with Gasteiger partial charge in [0.2, 0.25) is 41.4 Å². The van der Waals surface area contributed by atoms with Crippen molar-refractivity contribution in [3.63, 3.8) is 0 Å². The molecule has 0 rings (SSSR count). The third-order valence-corrected chi connectivity index (χ3v) is 11.1. The number of aliphatic hydroxyl groups is 1. The zero-order chi connectivity index (χ0) is 51.1. The number of nitrogens with two attached hydrogens (primary N) is 5. The van der Waals surface area contributed by atoms with Gasteiger partial charge in [0.15, 0.2) is 11.9 Å². The van der Waals surface area contributed by atoms with E-state index in [1.165, 1.54) is 64.8 Å². The van der Waals surface area contributed by atoms with Crippen LogP contribution in [0, 0.1) is 5.92 Å². The summed E-state index contributed by atoms with van der Waals surface area (Å²) in [6.45, 7) is 5.27. The molecule has 0 saturated carbocycles. The highest BCUT2D eigenvalue weighted by Gasteiger charge is 2.32. The summed E-state index contributed by atoms with van der Waals surface area (Å²) in [6.07, 6.45) is 17.7. The Morgan fingerprint density at radius 3 is 1.34 bits per heavy atom. The first kappa shape index (κ1) is 62.8. The smallest absolute Gasteiger partial charge is 0.245 e. The van der Waals surface area contributed by atoms with Crippen LogP contribution in [0.1, 0.15) is 162 Å². The Morgan fingerprint density at radius 2 is 0.912 bits per heavy atom. The molecule has 0 spiro atoms. The van der Waals surface area contributed by atoms with Gasteiger partial charge in [0.1, 0.15) is 30.2 Å². The maximum absolute atomic E-state index is 14.0. The summed E-state index contributed by atoms with van der Waals surface area (Å²) >= 11 is 0. The second-order valence-corrected chi connectivity index (χ2v) is 17.7. The minimum atomic E-state index is -1.49. The van der Waals surface area contributed by atoms with Crippen molar-refractivity contribution in [2.24, 2.45) is 44.6 Å². The minimum absolute atomic E-state index is 0.0213. The van der Waals surface area contributed by atoms with E-state index in [4.69, 9.17) is 28.7 Å². The van der Waals surface area contributed by atoms with Gasteiger partial charge in [-0.05, 0) is 70.3 Å². The molecule has 0 saturated heterocycles. The van der Waals surface area contributed by atoms with Crippen LogP contribution in [-0.2, 0) is 33.6 Å². The summed E-state index contributed by atoms with van der Waals surface area (Å²) in [5.74, 6) is -4.97. The summed E-state index contributed by atoms with van der Waals surface area (Å²) < 4.78 is 0. The number of nitrogens with zero attached hydrogens (tertiary/aromatic N) is 2. The molecule has 22 nitrogen and oxygen atoms in total. The SMILES string of the molecule is CCCCCCCCCCCCCCCC(=O)NCC(=O)N[C@@H](CO)C(=O)N[C@@H](CCCN=C(N)N)C(=O)N[C@@H](CC(C)C)C(=O)N[C@@H](CCCN=C(N)N)C(=O)N[C@@H](CCCCN)C(=O)NC. The van der Waals surface area contributed by atoms with Crippen LogP contribution >= 0.6 is 0 Å². The van der Waals surface area contributed by atoms with Crippen molar-refractivity contribution in [3.8, 4) is 0 Å². The highest BCUT2D eigenvalue weighted by molar-refractivity contribution is 5.96. The van der Waals surface area contributed by atoms with Gasteiger partial charge in [-0.25, -0.2) is 0 Å². The molecular formula is C46H90N14O8. The molecule has 22 heteroatoms. The molecule has 0 aromatic carbocycles. The normalized spacial score (nSPS) is 13.2. The number of rotatable bonds is 41. The zero-order valence-electron chi connectivity index (χ0n) is 41.6. The maximum atomic E-state index is 14.0. The van der Waals surface area contributed by atoms with Gasteiger partial charge in [0, 0.05) is 26.6 Å². The lowest BCUT2D eigenvalue weighted by atomic mass is 10.0. The van der Waals surface area contributed by atoms with E-state index in [1.54, 1.807) is 0 Å². The van der Waals surface area contributed by atoms with Crippen molar-refractivity contribution in [2.75, 3.05) is 39.8 Å². The number of unbranched alkanes of at least 4 members (excludes halogenated alkanes) is 13. The summed E-state index contributed by atoms with van der Waals surface area (Å²) in [6, 6.07) is -6.07. The molecule has 0 heterocycles. The van der Waals surface area contributed by atoms with Gasteiger partial charge in [-0.3, -0.25) is 43.5 Å². The van der Waals surface area contributed by atoms with Crippen LogP contribution in [0.15, 0.2) is 9.98 Å². The standard InChI is InChI=1S/C46H90N14O8/c1-5-6-7-8-9-10-11-12-13-14-15-16-17-25-38(62)55-30-39(63)56-37(31-61)44(68)59-35(24-21-28-54-46(50)51)42(66)60-36(29-32(2)3)43(67)58-34(23-20-27-53-45(48)49)41(65)57-33(40(64)52-4)22-18-19-26-47/h32-37,61H,5-31,47H2,1-4H3,(H,52,64)(H,55,62)(H,56,63)(H,57,65)(H,58,67)(H,59,68)(H,60,66)(H4,48,49,53)(H4,50,51,54)/t33-,34-,35-,36-,37-/m0/s1. The number of likely N-dealkylation sites (N-methyl/N-ethyl adjacent to an activating group) is 1. The number of carbonyl (C=O) groups is 7. The average molecular weight is 967 g/mol. The van der Waals surface area contributed by atoms with Crippen LogP contribution in [0.25, 0.3) is 0 Å². The molecule has 0 aromatic rings. The van der Waals surface area contributed by atoms with E-state index in [-0.39, 0.29) is 75.4 Å². The fourth-order valence-corrected chi connectivity index (χ4v) is 7.28. The van der Waals surface area contributed by atoms with Crippen molar-refractivity contribution in [2.45, 2.75) is 192 Å². The fraction of sp³-hybridized carbons (Fsp3) is 0.804. The maximum Gasteiger partial charge on any atom is 0.245 e. The van der Waals surface area contributed by atoms with E-state index in [0.717, 1.165) is 19.3 Å². The Kier molecular flexibility index (Phi) is 36.6. The Balaban J connectivity index is 5.71. The van der Waals surface area contributed by atoms with Gasteiger partial charge in [0.05, 0.1) is 13.2 Å². The molecule has 7 amide bonds. The predicted octanol–water partition coefficient (Wildman–Crippen LogP) is 0.0285. The van der Waals surface area contributed by atoms with Crippen LogP contribution in [0.4, 0.5) is 0 Å². The summed E-state index contributed by atoms with van der Waals surface area (Å²) in [5, 5.41) is 28.3. The second-order valence-electron chi connectivity index (χ2n) is 17.7. The highest BCUT2D eigenvalue weighted by Crippen LogP contribution is 2.14. The van der Waals surface area contributed by atoms with Crippen molar-refractivity contribution in [3.05, 3.63) is 0 Å². The zero-order valence-corrected chi connectivity index (χ0v) is 41.6. The number of hydrogen-bond acceptors (Lipinski definition) is 11. The average Bonchev–Trinajstić information content (AvgIpc) is 3.29. The number of hydrogen-bond donors (Lipinski definition) is 13. The summed E-state index contributed by atoms with van der Waals surface area (Å²) in [7, 11) is 1.44. The van der Waals surface area contributed by atoms with Crippen LogP contribution < -0.4 is 65.9 Å². The Morgan fingerprint density at radius 1 is 0.500 bits per heavy atom. The van der Waals surface area contributed by atoms with Crippen LogP contribution in [0.5, 0.6) is 0 Å². The van der Waals surface area contributed by atoms with E-state index in [9.17, 15) is 38.7 Å². The van der Waals surface area contributed by atoms with Crippen molar-refractivity contribution >= 4 is 53.3 Å². The molecule has 0 bridgehead atoms. The number of aliphatic hydroxyl groups excluding tert-OH is 1. The highest BCUT2D eigenvalue weighted by atomic mass is 16.3. The Hall–Kier alpha value is -5.25. The molecule has 0 aromatic heterocycles. The Labute approximate surface area is 404 Å². The molecule has 0 fully saturated rings. The van der Waals surface area contributed by atoms with Gasteiger partial charge in [-0.2, -0.15) is 0 Å². The van der Waals surface area contributed by atoms with Gasteiger partial charge < -0.3 is 71.0 Å². The molecule has 18 N–H and O–H groups in total. The van der Waals surface area contributed by atoms with Crippen LogP contribution in [-0.4, -0.2) is 128 Å². The molecular weight excluding hydrogens is 877 g/mol. The lowest BCUT2D eigenvalue weighted by Crippen LogP contribution is -2.59. The van der Waals surface area contributed by atoms with E-state index >= 15 is 0 Å². The number of amides is 7. The van der Waals surface area contributed by atoms with E-state index < -0.39 is 78.8 Å². The van der Waals surface area contributed by atoms with Crippen LogP contribution in [0.3, 0.4) is 0 Å². The number of nitrogens with one attached hydrogen (secondary N) is 7. The van der Waals surface area contributed by atoms with Gasteiger partial charge >= 0.3 is 0 Å². The molecule has 0 aliphatic carbocycles. The number of aliphatic imine (C=N–C) groups is 2. The molecule has 0 unspecified atom stereocenters. The number of guanidine groups is 2. The van der Waals surface area contributed by atoms with Gasteiger partial charge in [-0.15, -0.1) is 0 Å². The predicted molar refractivity (Wildman–Crippen MR) is 266 cm³/mol. The van der Waals surface area contributed by atoms with Crippen molar-refractivity contribution < 1.29 is 38.7 Å². The van der Waals surface area contributed by atoms with E-state index in [0.29, 0.717) is 32.2 Å². The topological polar surface area (TPSA) is 379 Å². The molecule has 0 aliphatic heterocycles. The first-order valence-electron chi connectivity index (χ1n) is 24.9. The largest absolute Gasteiger partial charge is 0.394 e. The molecule has 0 aliphatic rings.